The van der Waals surface area contributed by atoms with E-state index in [-0.39, 0.29) is 6.10 Å². The van der Waals surface area contributed by atoms with Crippen molar-refractivity contribution in [2.75, 3.05) is 6.61 Å². The molecule has 0 fully saturated rings. The van der Waals surface area contributed by atoms with Gasteiger partial charge in [-0.3, -0.25) is 0 Å². The molecule has 2 unspecified atom stereocenters. The van der Waals surface area contributed by atoms with E-state index < -0.39 is 17.7 Å². The van der Waals surface area contributed by atoms with E-state index in [4.69, 9.17) is 10.5 Å². The van der Waals surface area contributed by atoms with E-state index in [9.17, 15) is 8.78 Å². The lowest BCUT2D eigenvalue weighted by molar-refractivity contribution is 0.0574. The molecular formula is C11H15F2NO. The first-order chi connectivity index (χ1) is 7.06. The molecule has 1 aromatic rings. The molecule has 0 saturated carbocycles. The summed E-state index contributed by atoms with van der Waals surface area (Å²) >= 11 is 0. The number of nitrogens with two attached hydrogens (primary N) is 1. The Labute approximate surface area is 88.0 Å². The van der Waals surface area contributed by atoms with Crippen molar-refractivity contribution in [1.82, 2.24) is 0 Å². The van der Waals surface area contributed by atoms with Gasteiger partial charge in [-0.15, -0.1) is 0 Å². The highest BCUT2D eigenvalue weighted by molar-refractivity contribution is 5.21. The van der Waals surface area contributed by atoms with Crippen LogP contribution in [0.1, 0.15) is 25.5 Å². The molecule has 2 N–H and O–H groups in total. The second-order valence-electron chi connectivity index (χ2n) is 3.36. The fourth-order valence-electron chi connectivity index (χ4n) is 1.36. The van der Waals surface area contributed by atoms with Crippen molar-refractivity contribution >= 4 is 0 Å². The summed E-state index contributed by atoms with van der Waals surface area (Å²) in [6.45, 7) is 4.20. The van der Waals surface area contributed by atoms with Gasteiger partial charge < -0.3 is 10.5 Å². The number of benzene rings is 1. The van der Waals surface area contributed by atoms with Crippen LogP contribution in [0.3, 0.4) is 0 Å². The molecule has 0 bridgehead atoms. The summed E-state index contributed by atoms with van der Waals surface area (Å²) in [4.78, 5) is 0. The Kier molecular flexibility index (Phi) is 4.17. The van der Waals surface area contributed by atoms with Gasteiger partial charge in [0, 0.05) is 6.61 Å². The highest BCUT2D eigenvalue weighted by Crippen LogP contribution is 2.18. The molecule has 0 heterocycles. The molecule has 1 rings (SSSR count). The van der Waals surface area contributed by atoms with Crippen LogP contribution in [-0.4, -0.2) is 12.7 Å². The molecule has 4 heteroatoms. The van der Waals surface area contributed by atoms with Gasteiger partial charge in [0.1, 0.15) is 0 Å². The molecule has 2 atom stereocenters. The van der Waals surface area contributed by atoms with Crippen LogP contribution >= 0.6 is 0 Å². The Morgan fingerprint density at radius 3 is 2.53 bits per heavy atom. The van der Waals surface area contributed by atoms with E-state index in [1.54, 1.807) is 6.92 Å². The average molecular weight is 215 g/mol. The van der Waals surface area contributed by atoms with Crippen LogP contribution in [0.5, 0.6) is 0 Å². The van der Waals surface area contributed by atoms with Crippen molar-refractivity contribution in [3.63, 3.8) is 0 Å². The molecule has 0 radical (unpaired) electrons. The Hall–Kier alpha value is -1.00. The second-order valence-corrected chi connectivity index (χ2v) is 3.36. The standard InChI is InChI=1S/C11H15F2NO/c1-3-15-7(2)11(14)8-4-5-9(12)10(13)6-8/h4-7,11H,3,14H2,1-2H3. The highest BCUT2D eigenvalue weighted by Gasteiger charge is 2.16. The van der Waals surface area contributed by atoms with E-state index in [0.29, 0.717) is 12.2 Å². The number of hydrogen-bond acceptors (Lipinski definition) is 2. The van der Waals surface area contributed by atoms with Crippen molar-refractivity contribution in [2.24, 2.45) is 5.73 Å². The molecule has 1 aromatic carbocycles. The zero-order valence-corrected chi connectivity index (χ0v) is 8.84. The number of ether oxygens (including phenoxy) is 1. The third-order valence-corrected chi connectivity index (χ3v) is 2.26. The predicted octanol–water partition coefficient (Wildman–Crippen LogP) is 2.39. The Morgan fingerprint density at radius 2 is 2.00 bits per heavy atom. The summed E-state index contributed by atoms with van der Waals surface area (Å²) in [6.07, 6.45) is -0.222. The lowest BCUT2D eigenvalue weighted by atomic mass is 10.0. The van der Waals surface area contributed by atoms with E-state index in [0.717, 1.165) is 12.1 Å². The maximum atomic E-state index is 12.9. The first-order valence-electron chi connectivity index (χ1n) is 4.88. The van der Waals surface area contributed by atoms with E-state index >= 15 is 0 Å². The molecule has 0 spiro atoms. The van der Waals surface area contributed by atoms with Crippen LogP contribution in [0, 0.1) is 11.6 Å². The van der Waals surface area contributed by atoms with E-state index in [1.807, 2.05) is 6.92 Å². The van der Waals surface area contributed by atoms with Crippen LogP contribution in [0.15, 0.2) is 18.2 Å². The lowest BCUT2D eigenvalue weighted by Gasteiger charge is -2.20. The van der Waals surface area contributed by atoms with Crippen LogP contribution in [0.4, 0.5) is 8.78 Å². The number of halogens is 2. The van der Waals surface area contributed by atoms with Gasteiger partial charge in [-0.2, -0.15) is 0 Å². The van der Waals surface area contributed by atoms with Gasteiger partial charge >= 0.3 is 0 Å². The predicted molar refractivity (Wildman–Crippen MR) is 54.4 cm³/mol. The minimum Gasteiger partial charge on any atom is -0.377 e. The second kappa shape index (κ2) is 5.19. The van der Waals surface area contributed by atoms with Gasteiger partial charge in [-0.25, -0.2) is 8.78 Å². The zero-order valence-electron chi connectivity index (χ0n) is 8.84. The average Bonchev–Trinajstić information content (AvgIpc) is 2.21. The maximum Gasteiger partial charge on any atom is 0.159 e. The molecular weight excluding hydrogens is 200 g/mol. The minimum absolute atomic E-state index is 0.222. The van der Waals surface area contributed by atoms with Gasteiger partial charge in [0.05, 0.1) is 12.1 Å². The van der Waals surface area contributed by atoms with Crippen LogP contribution in [-0.2, 0) is 4.74 Å². The SMILES string of the molecule is CCOC(C)C(N)c1ccc(F)c(F)c1. The van der Waals surface area contributed by atoms with Crippen molar-refractivity contribution in [1.29, 1.82) is 0 Å². The summed E-state index contributed by atoms with van der Waals surface area (Å²) in [5, 5.41) is 0. The van der Waals surface area contributed by atoms with Crippen LogP contribution in [0.2, 0.25) is 0 Å². The smallest absolute Gasteiger partial charge is 0.159 e. The lowest BCUT2D eigenvalue weighted by Crippen LogP contribution is -2.26. The molecule has 2 nitrogen and oxygen atoms in total. The normalized spacial score (nSPS) is 15.0. The van der Waals surface area contributed by atoms with Gasteiger partial charge in [0.25, 0.3) is 0 Å². The van der Waals surface area contributed by atoms with Crippen molar-refractivity contribution in [3.05, 3.63) is 35.4 Å². The summed E-state index contributed by atoms with van der Waals surface area (Å²) in [5.74, 6) is -1.75. The monoisotopic (exact) mass is 215 g/mol. The maximum absolute atomic E-state index is 12.9. The topological polar surface area (TPSA) is 35.2 Å². The zero-order chi connectivity index (χ0) is 11.4. The molecule has 0 aliphatic rings. The summed E-state index contributed by atoms with van der Waals surface area (Å²) in [5.41, 5.74) is 6.37. The quantitative estimate of drug-likeness (QED) is 0.837. The van der Waals surface area contributed by atoms with Gasteiger partial charge in [0.2, 0.25) is 0 Å². The molecule has 0 saturated heterocycles. The summed E-state index contributed by atoms with van der Waals surface area (Å²) < 4.78 is 30.9. The van der Waals surface area contributed by atoms with Crippen molar-refractivity contribution in [2.45, 2.75) is 26.0 Å². The molecule has 15 heavy (non-hydrogen) atoms. The first kappa shape index (κ1) is 12.1. The Morgan fingerprint density at radius 1 is 1.33 bits per heavy atom. The Balaban J connectivity index is 2.81. The molecule has 0 aliphatic heterocycles. The molecule has 0 aromatic heterocycles. The van der Waals surface area contributed by atoms with E-state index in [2.05, 4.69) is 0 Å². The third-order valence-electron chi connectivity index (χ3n) is 2.26. The third kappa shape index (κ3) is 2.97. The summed E-state index contributed by atoms with van der Waals surface area (Å²) in [7, 11) is 0. The molecule has 84 valence electrons. The number of rotatable bonds is 4. The Bertz CT molecular complexity index is 330. The van der Waals surface area contributed by atoms with Crippen LogP contribution < -0.4 is 5.73 Å². The van der Waals surface area contributed by atoms with Crippen molar-refractivity contribution in [3.8, 4) is 0 Å². The van der Waals surface area contributed by atoms with Crippen LogP contribution in [0.25, 0.3) is 0 Å². The van der Waals surface area contributed by atoms with Gasteiger partial charge in [0.15, 0.2) is 11.6 Å². The van der Waals surface area contributed by atoms with Gasteiger partial charge in [-0.1, -0.05) is 6.07 Å². The van der Waals surface area contributed by atoms with Crippen molar-refractivity contribution < 1.29 is 13.5 Å². The summed E-state index contributed by atoms with van der Waals surface area (Å²) in [6, 6.07) is 3.21. The van der Waals surface area contributed by atoms with Gasteiger partial charge in [-0.05, 0) is 31.5 Å². The fraction of sp³-hybridized carbons (Fsp3) is 0.455. The molecule has 0 aliphatic carbocycles. The molecule has 0 amide bonds. The number of hydrogen-bond donors (Lipinski definition) is 1. The first-order valence-corrected chi connectivity index (χ1v) is 4.88. The fourth-order valence-corrected chi connectivity index (χ4v) is 1.36. The largest absolute Gasteiger partial charge is 0.377 e. The minimum atomic E-state index is -0.883. The highest BCUT2D eigenvalue weighted by atomic mass is 19.2. The van der Waals surface area contributed by atoms with E-state index in [1.165, 1.54) is 6.07 Å².